The SMILES string of the molecule is Cc1ccccc1CN(CC(N)=O)C(=O)c1ccccc1. The van der Waals surface area contributed by atoms with Crippen molar-refractivity contribution in [2.45, 2.75) is 13.5 Å². The summed E-state index contributed by atoms with van der Waals surface area (Å²) in [6.45, 7) is 2.25. The van der Waals surface area contributed by atoms with E-state index in [-0.39, 0.29) is 12.5 Å². The quantitative estimate of drug-likeness (QED) is 0.913. The maximum absolute atomic E-state index is 12.5. The molecule has 0 unspecified atom stereocenters. The summed E-state index contributed by atoms with van der Waals surface area (Å²) in [5.74, 6) is -0.717. The van der Waals surface area contributed by atoms with Crippen LogP contribution in [0.15, 0.2) is 54.6 Å². The smallest absolute Gasteiger partial charge is 0.254 e. The Hall–Kier alpha value is -2.62. The summed E-state index contributed by atoms with van der Waals surface area (Å²) in [6, 6.07) is 16.7. The lowest BCUT2D eigenvalue weighted by atomic mass is 10.1. The van der Waals surface area contributed by atoms with Crippen LogP contribution in [-0.2, 0) is 11.3 Å². The van der Waals surface area contributed by atoms with Crippen molar-refractivity contribution in [1.29, 1.82) is 0 Å². The van der Waals surface area contributed by atoms with E-state index in [2.05, 4.69) is 0 Å². The van der Waals surface area contributed by atoms with E-state index in [0.29, 0.717) is 12.1 Å². The molecule has 2 rings (SSSR count). The van der Waals surface area contributed by atoms with Crippen LogP contribution in [0, 0.1) is 6.92 Å². The minimum Gasteiger partial charge on any atom is -0.368 e. The van der Waals surface area contributed by atoms with Crippen molar-refractivity contribution < 1.29 is 9.59 Å². The molecule has 2 amide bonds. The monoisotopic (exact) mass is 282 g/mol. The first-order valence-electron chi connectivity index (χ1n) is 6.75. The van der Waals surface area contributed by atoms with E-state index < -0.39 is 5.91 Å². The molecule has 0 aliphatic heterocycles. The average Bonchev–Trinajstić information content (AvgIpc) is 2.48. The molecule has 4 nitrogen and oxygen atoms in total. The molecule has 0 aliphatic rings. The van der Waals surface area contributed by atoms with E-state index in [0.717, 1.165) is 11.1 Å². The largest absolute Gasteiger partial charge is 0.368 e. The highest BCUT2D eigenvalue weighted by atomic mass is 16.2. The van der Waals surface area contributed by atoms with Crippen LogP contribution in [0.4, 0.5) is 0 Å². The summed E-state index contributed by atoms with van der Waals surface area (Å²) < 4.78 is 0. The highest BCUT2D eigenvalue weighted by Crippen LogP contribution is 2.13. The molecule has 0 aliphatic carbocycles. The maximum atomic E-state index is 12.5. The third kappa shape index (κ3) is 3.92. The molecule has 0 atom stereocenters. The summed E-state index contributed by atoms with van der Waals surface area (Å²) in [4.78, 5) is 25.2. The second kappa shape index (κ2) is 6.70. The standard InChI is InChI=1S/C17H18N2O2/c1-13-7-5-6-10-15(13)11-19(12-16(18)20)17(21)14-8-3-2-4-9-14/h2-10H,11-12H2,1H3,(H2,18,20). The Kier molecular flexibility index (Phi) is 4.72. The number of benzene rings is 2. The third-order valence-corrected chi connectivity index (χ3v) is 3.28. The highest BCUT2D eigenvalue weighted by molar-refractivity contribution is 5.96. The number of nitrogens with two attached hydrogens (primary N) is 1. The van der Waals surface area contributed by atoms with E-state index in [1.54, 1.807) is 24.3 Å². The van der Waals surface area contributed by atoms with Gasteiger partial charge in [0.15, 0.2) is 0 Å². The fourth-order valence-corrected chi connectivity index (χ4v) is 2.14. The first-order chi connectivity index (χ1) is 10.1. The van der Waals surface area contributed by atoms with E-state index in [4.69, 9.17) is 5.73 Å². The summed E-state index contributed by atoms with van der Waals surface area (Å²) >= 11 is 0. The molecule has 0 spiro atoms. The Morgan fingerprint density at radius 1 is 1.00 bits per heavy atom. The van der Waals surface area contributed by atoms with Gasteiger partial charge in [-0.05, 0) is 30.2 Å². The fraction of sp³-hybridized carbons (Fsp3) is 0.176. The van der Waals surface area contributed by atoms with Crippen LogP contribution < -0.4 is 5.73 Å². The van der Waals surface area contributed by atoms with Crippen LogP contribution in [0.2, 0.25) is 0 Å². The minimum atomic E-state index is -0.520. The normalized spacial score (nSPS) is 10.1. The fourth-order valence-electron chi connectivity index (χ4n) is 2.14. The lowest BCUT2D eigenvalue weighted by Crippen LogP contribution is -2.38. The molecular formula is C17H18N2O2. The van der Waals surface area contributed by atoms with Gasteiger partial charge in [0.05, 0.1) is 6.54 Å². The molecule has 0 bridgehead atoms. The topological polar surface area (TPSA) is 63.4 Å². The number of rotatable bonds is 5. The number of carbonyl (C=O) groups excluding carboxylic acids is 2. The van der Waals surface area contributed by atoms with Crippen LogP contribution in [-0.4, -0.2) is 23.3 Å². The lowest BCUT2D eigenvalue weighted by Gasteiger charge is -2.22. The number of aryl methyl sites for hydroxylation is 1. The van der Waals surface area contributed by atoms with Gasteiger partial charge in [0.25, 0.3) is 5.91 Å². The molecular weight excluding hydrogens is 264 g/mol. The third-order valence-electron chi connectivity index (χ3n) is 3.28. The first kappa shape index (κ1) is 14.8. The van der Waals surface area contributed by atoms with E-state index >= 15 is 0 Å². The van der Waals surface area contributed by atoms with Gasteiger partial charge in [-0.25, -0.2) is 0 Å². The van der Waals surface area contributed by atoms with Gasteiger partial charge in [-0.1, -0.05) is 42.5 Å². The van der Waals surface area contributed by atoms with Crippen molar-refractivity contribution in [1.82, 2.24) is 4.90 Å². The van der Waals surface area contributed by atoms with Crippen LogP contribution in [0.1, 0.15) is 21.5 Å². The number of primary amides is 1. The first-order valence-corrected chi connectivity index (χ1v) is 6.75. The van der Waals surface area contributed by atoms with Crippen molar-refractivity contribution in [3.05, 3.63) is 71.3 Å². The van der Waals surface area contributed by atoms with Gasteiger partial charge in [0, 0.05) is 12.1 Å². The molecule has 21 heavy (non-hydrogen) atoms. The van der Waals surface area contributed by atoms with Crippen molar-refractivity contribution in [3.63, 3.8) is 0 Å². The number of hydrogen-bond acceptors (Lipinski definition) is 2. The molecule has 0 aromatic heterocycles. The second-order valence-electron chi connectivity index (χ2n) is 4.92. The van der Waals surface area contributed by atoms with Gasteiger partial charge >= 0.3 is 0 Å². The molecule has 2 aromatic carbocycles. The summed E-state index contributed by atoms with van der Waals surface area (Å²) in [6.07, 6.45) is 0. The molecule has 0 heterocycles. The Bertz CT molecular complexity index is 638. The molecule has 4 heteroatoms. The van der Waals surface area contributed by atoms with Crippen LogP contribution in [0.3, 0.4) is 0 Å². The van der Waals surface area contributed by atoms with Gasteiger partial charge in [-0.15, -0.1) is 0 Å². The molecule has 0 saturated carbocycles. The zero-order chi connectivity index (χ0) is 15.2. The van der Waals surface area contributed by atoms with E-state index in [9.17, 15) is 9.59 Å². The number of hydrogen-bond donors (Lipinski definition) is 1. The van der Waals surface area contributed by atoms with Gasteiger partial charge in [-0.3, -0.25) is 9.59 Å². The van der Waals surface area contributed by atoms with Gasteiger partial charge in [0.1, 0.15) is 0 Å². The summed E-state index contributed by atoms with van der Waals surface area (Å²) in [7, 11) is 0. The highest BCUT2D eigenvalue weighted by Gasteiger charge is 2.18. The molecule has 108 valence electrons. The molecule has 2 aromatic rings. The van der Waals surface area contributed by atoms with E-state index in [1.165, 1.54) is 4.90 Å². The average molecular weight is 282 g/mol. The van der Waals surface area contributed by atoms with E-state index in [1.807, 2.05) is 37.3 Å². The Balaban J connectivity index is 2.25. The number of carbonyl (C=O) groups is 2. The Labute approximate surface area is 124 Å². The molecule has 0 saturated heterocycles. The zero-order valence-corrected chi connectivity index (χ0v) is 12.0. The Morgan fingerprint density at radius 2 is 1.62 bits per heavy atom. The summed E-state index contributed by atoms with van der Waals surface area (Å²) in [5.41, 5.74) is 7.90. The summed E-state index contributed by atoms with van der Waals surface area (Å²) in [5, 5.41) is 0. The van der Waals surface area contributed by atoms with Gasteiger partial charge in [-0.2, -0.15) is 0 Å². The predicted octanol–water partition coefficient (Wildman–Crippen LogP) is 2.12. The predicted molar refractivity (Wildman–Crippen MR) is 81.6 cm³/mol. The van der Waals surface area contributed by atoms with Crippen LogP contribution in [0.25, 0.3) is 0 Å². The van der Waals surface area contributed by atoms with Crippen molar-refractivity contribution in [3.8, 4) is 0 Å². The van der Waals surface area contributed by atoms with Crippen LogP contribution >= 0.6 is 0 Å². The van der Waals surface area contributed by atoms with Gasteiger partial charge in [0.2, 0.25) is 5.91 Å². The second-order valence-corrected chi connectivity index (χ2v) is 4.92. The van der Waals surface area contributed by atoms with Crippen molar-refractivity contribution in [2.75, 3.05) is 6.54 Å². The molecule has 0 radical (unpaired) electrons. The number of amides is 2. The van der Waals surface area contributed by atoms with Crippen molar-refractivity contribution in [2.24, 2.45) is 5.73 Å². The lowest BCUT2D eigenvalue weighted by molar-refractivity contribution is -0.118. The van der Waals surface area contributed by atoms with Gasteiger partial charge < -0.3 is 10.6 Å². The Morgan fingerprint density at radius 3 is 2.24 bits per heavy atom. The van der Waals surface area contributed by atoms with Crippen molar-refractivity contribution >= 4 is 11.8 Å². The molecule has 2 N–H and O–H groups in total. The van der Waals surface area contributed by atoms with Crippen LogP contribution in [0.5, 0.6) is 0 Å². The maximum Gasteiger partial charge on any atom is 0.254 e. The minimum absolute atomic E-state index is 0.0952. The zero-order valence-electron chi connectivity index (χ0n) is 12.0. The molecule has 0 fully saturated rings. The number of nitrogens with zero attached hydrogens (tertiary/aromatic N) is 1.